The Morgan fingerprint density at radius 1 is 0.324 bits per heavy atom. The van der Waals surface area contributed by atoms with Crippen LogP contribution in [0.1, 0.15) is 0 Å². The van der Waals surface area contributed by atoms with Crippen molar-refractivity contribution < 1.29 is 106 Å². The monoisotopic (exact) mass is 624 g/mol. The first-order valence-electron chi connectivity index (χ1n) is 8.25. The zero-order valence-electron chi connectivity index (χ0n) is 16.3. The van der Waals surface area contributed by atoms with Crippen LogP contribution in [0.15, 0.2) is 0 Å². The molecule has 0 saturated heterocycles. The molecule has 0 rings (SSSR count). The number of hydrogen-bond acceptors (Lipinski definition) is 4. The molecule has 0 amide bonds. The van der Waals surface area contributed by atoms with Crippen molar-refractivity contribution in [3.63, 3.8) is 0 Å². The molecule has 0 bridgehead atoms. The van der Waals surface area contributed by atoms with E-state index in [0.29, 0.717) is 0 Å². The van der Waals surface area contributed by atoms with Gasteiger partial charge in [0.25, 0.3) is 25.7 Å². The smallest absolute Gasteiger partial charge is 0.288 e. The van der Waals surface area contributed by atoms with Gasteiger partial charge >= 0.3 is 33.5 Å². The lowest BCUT2D eigenvalue weighted by molar-refractivity contribution is -0.376. The zero-order valence-corrected chi connectivity index (χ0v) is 17.3. The Balaban J connectivity index is 7.19. The molecule has 4 atom stereocenters. The first-order valence-corrected chi connectivity index (χ1v) is 9.88. The highest BCUT2D eigenvalue weighted by atomic mass is 28.4. The van der Waals surface area contributed by atoms with Gasteiger partial charge in [0, 0.05) is 0 Å². The summed E-state index contributed by atoms with van der Waals surface area (Å²) in [5.41, 5.74) is 0. The highest BCUT2D eigenvalue weighted by molar-refractivity contribution is 6.54. The molecule has 25 heteroatoms. The number of halogens is 20. The van der Waals surface area contributed by atoms with Crippen molar-refractivity contribution in [1.82, 2.24) is 0 Å². The second kappa shape index (κ2) is 12.2. The van der Waals surface area contributed by atoms with Crippen molar-refractivity contribution in [2.24, 2.45) is 0 Å². The summed E-state index contributed by atoms with van der Waals surface area (Å²) < 4.78 is 269. The van der Waals surface area contributed by atoms with E-state index in [2.05, 4.69) is 17.7 Å². The number of hydrogen-bond donors (Lipinski definition) is 0. The molecule has 4 nitrogen and oxygen atoms in total. The van der Waals surface area contributed by atoms with E-state index in [0.717, 1.165) is 0 Å². The van der Waals surface area contributed by atoms with Crippen LogP contribution in [0.3, 0.4) is 0 Å². The first-order chi connectivity index (χ1) is 16.2. The lowest BCUT2D eigenvalue weighted by Crippen LogP contribution is -2.66. The Bertz CT molecular complexity index is 591. The molecule has 0 aromatic heterocycles. The van der Waals surface area contributed by atoms with Crippen molar-refractivity contribution in [3.05, 3.63) is 0 Å². The fraction of sp³-hybridized carbons (Fsp3) is 1.00. The van der Waals surface area contributed by atoms with Gasteiger partial charge in [0.1, 0.15) is 0 Å². The van der Waals surface area contributed by atoms with E-state index in [1.54, 1.807) is 0 Å². The second-order valence-electron chi connectivity index (χ2n) is 6.10. The molecular formula is C12H8F20O4Si. The topological polar surface area (TPSA) is 36.9 Å². The molecule has 0 aliphatic heterocycles. The van der Waals surface area contributed by atoms with Crippen molar-refractivity contribution in [2.45, 2.75) is 74.8 Å². The Morgan fingerprint density at radius 2 is 0.459 bits per heavy atom. The number of alkyl halides is 20. The van der Waals surface area contributed by atoms with Crippen molar-refractivity contribution >= 4 is 9.05 Å². The van der Waals surface area contributed by atoms with E-state index in [-0.39, 0.29) is 0 Å². The van der Waals surface area contributed by atoms with Crippen molar-refractivity contribution in [3.8, 4) is 0 Å². The van der Waals surface area contributed by atoms with Gasteiger partial charge < -0.3 is 0 Å². The SMILES string of the molecule is FC(F)C(F)C(F)(F)O[Si](OC(F)(F)C(F)C(F)F)(OC(F)(F)C(F)C(F)F)OC(F)(F)C(F)C(F)F. The maximum atomic E-state index is 13.6. The van der Waals surface area contributed by atoms with Crippen LogP contribution >= 0.6 is 0 Å². The molecule has 0 fully saturated rings. The normalized spacial score (nSPS) is 19.5. The van der Waals surface area contributed by atoms with Gasteiger partial charge in [0.2, 0.25) is 24.7 Å². The van der Waals surface area contributed by atoms with Crippen LogP contribution in [0.2, 0.25) is 0 Å². The fourth-order valence-electron chi connectivity index (χ4n) is 1.60. The second-order valence-corrected chi connectivity index (χ2v) is 7.92. The summed E-state index contributed by atoms with van der Waals surface area (Å²) in [6.07, 6.45) is -69.3. The average Bonchev–Trinajstić information content (AvgIpc) is 2.68. The molecule has 0 N–H and O–H groups in total. The molecule has 0 aliphatic carbocycles. The Labute approximate surface area is 190 Å². The molecule has 4 unspecified atom stereocenters. The third-order valence-electron chi connectivity index (χ3n) is 3.21. The quantitative estimate of drug-likeness (QED) is 0.150. The van der Waals surface area contributed by atoms with Crippen LogP contribution in [0.5, 0.6) is 0 Å². The van der Waals surface area contributed by atoms with Crippen LogP contribution in [0, 0.1) is 0 Å². The van der Waals surface area contributed by atoms with Crippen LogP contribution in [-0.4, -0.2) is 83.9 Å². The Hall–Kier alpha value is -1.34. The van der Waals surface area contributed by atoms with Gasteiger partial charge in [-0.25, -0.2) is 52.7 Å². The maximum Gasteiger partial charge on any atom is 0.697 e. The molecule has 0 heterocycles. The molecule has 0 aromatic rings. The summed E-state index contributed by atoms with van der Waals surface area (Å²) in [7, 11) is -9.07. The third-order valence-corrected chi connectivity index (χ3v) is 5.30. The van der Waals surface area contributed by atoms with E-state index in [4.69, 9.17) is 0 Å². The van der Waals surface area contributed by atoms with Crippen LogP contribution < -0.4 is 0 Å². The van der Waals surface area contributed by atoms with Crippen LogP contribution in [0.25, 0.3) is 0 Å². The molecular weight excluding hydrogens is 616 g/mol. The Morgan fingerprint density at radius 3 is 0.568 bits per heavy atom. The maximum absolute atomic E-state index is 13.6. The minimum absolute atomic E-state index is 2.36. The van der Waals surface area contributed by atoms with Gasteiger partial charge in [-0.2, -0.15) is 35.1 Å². The number of rotatable bonds is 16. The molecule has 37 heavy (non-hydrogen) atoms. The summed E-state index contributed by atoms with van der Waals surface area (Å²) in [5.74, 6) is 0. The predicted molar refractivity (Wildman–Crippen MR) is 73.5 cm³/mol. The van der Waals surface area contributed by atoms with Gasteiger partial charge in [0.05, 0.1) is 0 Å². The highest BCUT2D eigenvalue weighted by Crippen LogP contribution is 2.44. The van der Waals surface area contributed by atoms with Gasteiger partial charge in [-0.1, -0.05) is 0 Å². The van der Waals surface area contributed by atoms with Gasteiger partial charge in [0.15, 0.2) is 0 Å². The minimum Gasteiger partial charge on any atom is -0.288 e. The molecule has 0 saturated carbocycles. The molecule has 0 aromatic carbocycles. The van der Waals surface area contributed by atoms with Crippen molar-refractivity contribution in [2.75, 3.05) is 0 Å². The summed E-state index contributed by atoms with van der Waals surface area (Å²) >= 11 is 0. The summed E-state index contributed by atoms with van der Waals surface area (Å²) in [6, 6.07) is 0. The summed E-state index contributed by atoms with van der Waals surface area (Å²) in [5, 5.41) is 0. The lowest BCUT2D eigenvalue weighted by Gasteiger charge is -2.38. The summed E-state index contributed by atoms with van der Waals surface area (Å²) in [6.45, 7) is 0. The first kappa shape index (κ1) is 35.7. The Kier molecular flexibility index (Phi) is 11.8. The third kappa shape index (κ3) is 9.41. The largest absolute Gasteiger partial charge is 0.697 e. The zero-order chi connectivity index (χ0) is 29.9. The van der Waals surface area contributed by atoms with Gasteiger partial charge in [-0.15, -0.1) is 0 Å². The summed E-state index contributed by atoms with van der Waals surface area (Å²) in [4.78, 5) is 0. The predicted octanol–water partition coefficient (Wildman–Crippen LogP) is 6.27. The highest BCUT2D eigenvalue weighted by Gasteiger charge is 2.73. The molecule has 0 radical (unpaired) electrons. The van der Waals surface area contributed by atoms with E-state index < -0.39 is 83.9 Å². The van der Waals surface area contributed by atoms with E-state index in [1.807, 2.05) is 0 Å². The van der Waals surface area contributed by atoms with E-state index >= 15 is 0 Å². The van der Waals surface area contributed by atoms with E-state index in [9.17, 15) is 87.8 Å². The average molecular weight is 624 g/mol. The fourth-order valence-corrected chi connectivity index (χ4v) is 3.64. The molecule has 0 spiro atoms. The minimum atomic E-state index is -9.07. The van der Waals surface area contributed by atoms with Crippen LogP contribution in [-0.2, 0) is 17.7 Å². The molecule has 224 valence electrons. The lowest BCUT2D eigenvalue weighted by atomic mass is 10.4. The van der Waals surface area contributed by atoms with Crippen LogP contribution in [0.4, 0.5) is 87.8 Å². The molecule has 0 aliphatic rings. The van der Waals surface area contributed by atoms with Gasteiger partial charge in [-0.05, 0) is 0 Å². The van der Waals surface area contributed by atoms with Gasteiger partial charge in [-0.3, -0.25) is 17.7 Å². The standard InChI is InChI=1S/C12H8F20O4Si/c13-1(5(17)18)9(25,26)33-37(34-10(27,28)2(14)6(19)20,35-11(29,30)3(15)7(21)22)36-12(31,32)4(16)8(23)24/h1-8H. The van der Waals surface area contributed by atoms with E-state index in [1.165, 1.54) is 0 Å². The van der Waals surface area contributed by atoms with Crippen molar-refractivity contribution in [1.29, 1.82) is 0 Å².